The van der Waals surface area contributed by atoms with E-state index in [-0.39, 0.29) is 5.97 Å². The number of rotatable bonds is 3. The van der Waals surface area contributed by atoms with Crippen molar-refractivity contribution in [1.82, 2.24) is 5.06 Å². The van der Waals surface area contributed by atoms with Crippen LogP contribution in [0.1, 0.15) is 54.8 Å². The summed E-state index contributed by atoms with van der Waals surface area (Å²) in [6.07, 6.45) is 1.72. The molecule has 2 heterocycles. The van der Waals surface area contributed by atoms with Crippen molar-refractivity contribution in [2.45, 2.75) is 39.5 Å². The van der Waals surface area contributed by atoms with Gasteiger partial charge >= 0.3 is 11.9 Å². The van der Waals surface area contributed by atoms with Crippen molar-refractivity contribution in [2.24, 2.45) is 5.41 Å². The number of nitrogens with two attached hydrogens (primary N) is 1. The minimum Gasteiger partial charge on any atom is -0.465 e. The number of hydrogen-bond acceptors (Lipinski definition) is 7. The van der Waals surface area contributed by atoms with Crippen molar-refractivity contribution in [2.75, 3.05) is 25.9 Å². The largest absolute Gasteiger partial charge is 0.465 e. The summed E-state index contributed by atoms with van der Waals surface area (Å²) < 4.78 is 4.73. The maximum absolute atomic E-state index is 11.9. The number of nitrogen functional groups attached to an aromatic ring is 1. The molecule has 1 aromatic heterocycles. The number of carbonyl (C=O) groups is 2. The summed E-state index contributed by atoms with van der Waals surface area (Å²) in [7, 11) is 1.35. The first kappa shape index (κ1) is 17.7. The molecule has 0 aromatic carbocycles. The summed E-state index contributed by atoms with van der Waals surface area (Å²) in [4.78, 5) is 30.1. The highest BCUT2D eigenvalue weighted by Crippen LogP contribution is 2.36. The van der Waals surface area contributed by atoms with Crippen LogP contribution in [0.2, 0.25) is 0 Å². The number of methoxy groups -OCH3 is 1. The SMILES string of the molecule is COC(=O)c1cc(C2CCN(OC(=O)C(C)(C)C)CC2)sc1N. The van der Waals surface area contributed by atoms with E-state index in [1.54, 1.807) is 5.06 Å². The van der Waals surface area contributed by atoms with Crippen LogP contribution in [0.25, 0.3) is 0 Å². The average molecular weight is 340 g/mol. The van der Waals surface area contributed by atoms with Gasteiger partial charge in [-0.2, -0.15) is 0 Å². The zero-order chi connectivity index (χ0) is 17.2. The molecule has 1 saturated heterocycles. The lowest BCUT2D eigenvalue weighted by atomic mass is 9.95. The highest BCUT2D eigenvalue weighted by molar-refractivity contribution is 7.16. The summed E-state index contributed by atoms with van der Waals surface area (Å²) in [6, 6.07) is 1.83. The molecule has 128 valence electrons. The van der Waals surface area contributed by atoms with Crippen LogP contribution >= 0.6 is 11.3 Å². The third-order valence-electron chi connectivity index (χ3n) is 3.87. The number of piperidine rings is 1. The Kier molecular flexibility index (Phi) is 5.31. The van der Waals surface area contributed by atoms with Crippen LogP contribution < -0.4 is 5.73 Å². The van der Waals surface area contributed by atoms with Gasteiger partial charge in [-0.3, -0.25) is 0 Å². The number of carbonyl (C=O) groups excluding carboxylic acids is 2. The molecular weight excluding hydrogens is 316 g/mol. The van der Waals surface area contributed by atoms with E-state index in [0.717, 1.165) is 17.7 Å². The van der Waals surface area contributed by atoms with Crippen LogP contribution in [0.15, 0.2) is 6.07 Å². The van der Waals surface area contributed by atoms with Gasteiger partial charge in [-0.1, -0.05) is 0 Å². The quantitative estimate of drug-likeness (QED) is 0.852. The average Bonchev–Trinajstić information content (AvgIpc) is 2.88. The first-order chi connectivity index (χ1) is 10.7. The second-order valence-electron chi connectivity index (χ2n) is 6.75. The Morgan fingerprint density at radius 2 is 1.91 bits per heavy atom. The molecule has 1 aliphatic heterocycles. The Morgan fingerprint density at radius 1 is 1.30 bits per heavy atom. The fourth-order valence-electron chi connectivity index (χ4n) is 2.38. The molecule has 0 spiro atoms. The molecule has 0 aliphatic carbocycles. The number of nitrogens with zero attached hydrogens (tertiary/aromatic N) is 1. The minimum atomic E-state index is -0.505. The van der Waals surface area contributed by atoms with Crippen LogP contribution in [0.5, 0.6) is 0 Å². The van der Waals surface area contributed by atoms with Gasteiger partial charge in [-0.05, 0) is 45.6 Å². The molecule has 0 saturated carbocycles. The lowest BCUT2D eigenvalue weighted by Gasteiger charge is -2.31. The van der Waals surface area contributed by atoms with Gasteiger partial charge in [0.2, 0.25) is 0 Å². The molecule has 2 N–H and O–H groups in total. The summed E-state index contributed by atoms with van der Waals surface area (Å²) in [6.45, 7) is 6.87. The predicted octanol–water partition coefficient (Wildman–Crippen LogP) is 2.80. The van der Waals surface area contributed by atoms with Crippen molar-refractivity contribution < 1.29 is 19.2 Å². The van der Waals surface area contributed by atoms with Crippen LogP contribution in [-0.2, 0) is 14.4 Å². The maximum atomic E-state index is 11.9. The van der Waals surface area contributed by atoms with Gasteiger partial charge in [0, 0.05) is 18.0 Å². The van der Waals surface area contributed by atoms with E-state index in [4.69, 9.17) is 15.3 Å². The molecule has 0 amide bonds. The first-order valence-corrected chi connectivity index (χ1v) is 8.49. The smallest absolute Gasteiger partial charge is 0.340 e. The number of esters is 1. The lowest BCUT2D eigenvalue weighted by molar-refractivity contribution is -0.204. The van der Waals surface area contributed by atoms with Crippen molar-refractivity contribution in [1.29, 1.82) is 0 Å². The second-order valence-corrected chi connectivity index (χ2v) is 7.87. The Hall–Kier alpha value is -1.60. The molecular formula is C16H24N2O4S. The monoisotopic (exact) mass is 340 g/mol. The zero-order valence-electron chi connectivity index (χ0n) is 14.0. The molecule has 0 atom stereocenters. The number of hydrogen-bond donors (Lipinski definition) is 1. The lowest BCUT2D eigenvalue weighted by Crippen LogP contribution is -2.38. The summed E-state index contributed by atoms with van der Waals surface area (Å²) >= 11 is 1.43. The molecule has 1 aromatic rings. The molecule has 23 heavy (non-hydrogen) atoms. The maximum Gasteiger partial charge on any atom is 0.340 e. The normalized spacial score (nSPS) is 17.0. The molecule has 7 heteroatoms. The zero-order valence-corrected chi connectivity index (χ0v) is 14.9. The fourth-order valence-corrected chi connectivity index (χ4v) is 3.47. The van der Waals surface area contributed by atoms with Gasteiger partial charge in [0.15, 0.2) is 0 Å². The highest BCUT2D eigenvalue weighted by Gasteiger charge is 2.29. The number of ether oxygens (including phenoxy) is 1. The topological polar surface area (TPSA) is 81.9 Å². The van der Waals surface area contributed by atoms with Crippen LogP contribution in [-0.4, -0.2) is 37.2 Å². The number of anilines is 1. The molecule has 1 fully saturated rings. The van der Waals surface area contributed by atoms with E-state index in [9.17, 15) is 9.59 Å². The van der Waals surface area contributed by atoms with Crippen LogP contribution in [0.3, 0.4) is 0 Å². The minimum absolute atomic E-state index is 0.218. The Bertz CT molecular complexity index is 583. The van der Waals surface area contributed by atoms with E-state index in [1.165, 1.54) is 18.4 Å². The van der Waals surface area contributed by atoms with E-state index < -0.39 is 11.4 Å². The van der Waals surface area contributed by atoms with Gasteiger partial charge in [-0.25, -0.2) is 9.59 Å². The molecule has 2 rings (SSSR count). The second kappa shape index (κ2) is 6.88. The predicted molar refractivity (Wildman–Crippen MR) is 89.2 cm³/mol. The third-order valence-corrected chi connectivity index (χ3v) is 4.99. The summed E-state index contributed by atoms with van der Waals surface area (Å²) in [5.41, 5.74) is 5.84. The molecule has 1 aliphatic rings. The van der Waals surface area contributed by atoms with E-state index in [2.05, 4.69) is 0 Å². The van der Waals surface area contributed by atoms with Crippen molar-refractivity contribution in [3.05, 3.63) is 16.5 Å². The highest BCUT2D eigenvalue weighted by atomic mass is 32.1. The Morgan fingerprint density at radius 3 is 2.43 bits per heavy atom. The van der Waals surface area contributed by atoms with Crippen molar-refractivity contribution >= 4 is 28.3 Å². The third kappa shape index (κ3) is 4.23. The molecule has 0 unspecified atom stereocenters. The first-order valence-electron chi connectivity index (χ1n) is 7.67. The standard InChI is InChI=1S/C16H24N2O4S/c1-16(2,3)15(20)22-18-7-5-10(6-8-18)12-9-11(13(17)23-12)14(19)21-4/h9-10H,5-8,17H2,1-4H3. The summed E-state index contributed by atoms with van der Waals surface area (Å²) in [5, 5.41) is 2.22. The van der Waals surface area contributed by atoms with Crippen molar-refractivity contribution in [3.63, 3.8) is 0 Å². The van der Waals surface area contributed by atoms with Gasteiger partial charge in [-0.15, -0.1) is 16.4 Å². The molecule has 0 bridgehead atoms. The van der Waals surface area contributed by atoms with Gasteiger partial charge < -0.3 is 15.3 Å². The van der Waals surface area contributed by atoms with Gasteiger partial charge in [0.25, 0.3) is 0 Å². The number of thiophene rings is 1. The van der Waals surface area contributed by atoms with Gasteiger partial charge in [0.1, 0.15) is 5.00 Å². The number of hydroxylamine groups is 2. The Labute approximate surface area is 140 Å². The van der Waals surface area contributed by atoms with E-state index in [1.807, 2.05) is 26.8 Å². The van der Waals surface area contributed by atoms with E-state index in [0.29, 0.717) is 29.6 Å². The Balaban J connectivity index is 1.95. The van der Waals surface area contributed by atoms with Crippen LogP contribution in [0.4, 0.5) is 5.00 Å². The van der Waals surface area contributed by atoms with E-state index >= 15 is 0 Å². The van der Waals surface area contributed by atoms with Crippen LogP contribution in [0, 0.1) is 5.41 Å². The molecule has 0 radical (unpaired) electrons. The fraction of sp³-hybridized carbons (Fsp3) is 0.625. The van der Waals surface area contributed by atoms with Gasteiger partial charge in [0.05, 0.1) is 18.1 Å². The molecule has 6 nitrogen and oxygen atoms in total. The van der Waals surface area contributed by atoms with Crippen molar-refractivity contribution in [3.8, 4) is 0 Å². The summed E-state index contributed by atoms with van der Waals surface area (Å²) in [5.74, 6) is -0.295.